The van der Waals surface area contributed by atoms with E-state index in [-0.39, 0.29) is 13.2 Å². The lowest BCUT2D eigenvalue weighted by Gasteiger charge is -2.31. The number of benzene rings is 4. The average Bonchev–Trinajstić information content (AvgIpc) is 2.99. The Kier molecular flexibility index (Phi) is 11.3. The van der Waals surface area contributed by atoms with Gasteiger partial charge in [0.1, 0.15) is 18.3 Å². The average molecular weight is 511 g/mol. The molecule has 0 unspecified atom stereocenters. The summed E-state index contributed by atoms with van der Waals surface area (Å²) < 4.78 is 24.9. The van der Waals surface area contributed by atoms with Gasteiger partial charge in [0.05, 0.1) is 33.0 Å². The Bertz CT molecular complexity index is 1170. The molecule has 5 nitrogen and oxygen atoms in total. The van der Waals surface area contributed by atoms with Crippen LogP contribution in [-0.4, -0.2) is 31.2 Å². The van der Waals surface area contributed by atoms with Gasteiger partial charge in [0.15, 0.2) is 6.29 Å². The zero-order valence-corrected chi connectivity index (χ0v) is 21.4. The van der Waals surface area contributed by atoms with E-state index in [4.69, 9.17) is 18.9 Å². The summed E-state index contributed by atoms with van der Waals surface area (Å²) in [6.07, 6.45) is -1.28. The van der Waals surface area contributed by atoms with Gasteiger partial charge in [0.25, 0.3) is 0 Å². The summed E-state index contributed by atoms with van der Waals surface area (Å²) in [5, 5.41) is 0. The van der Waals surface area contributed by atoms with Crippen molar-refractivity contribution in [1.29, 1.82) is 0 Å². The van der Waals surface area contributed by atoms with Gasteiger partial charge in [-0.15, -0.1) is 0 Å². The zero-order valence-electron chi connectivity index (χ0n) is 21.4. The highest BCUT2D eigenvalue weighted by molar-refractivity contribution is 5.57. The number of hydrogen-bond donors (Lipinski definition) is 0. The highest BCUT2D eigenvalue weighted by atomic mass is 16.6. The third-order valence-electron chi connectivity index (χ3n) is 6.10. The fourth-order valence-corrected chi connectivity index (χ4v) is 4.04. The van der Waals surface area contributed by atoms with E-state index >= 15 is 0 Å². The molecule has 4 aromatic carbocycles. The molecule has 0 N–H and O–H groups in total. The fraction of sp³-hybridized carbons (Fsp3) is 0.242. The standard InChI is InChI=1S/C33H34O5/c34-21-31(36-23-28-15-7-2-8-16-28)33(38-25-30-19-11-4-12-20-30)32(37-24-29-17-9-3-10-18-29)26-35-22-27-13-5-1-6-14-27/h1-21,31-33H,22-26H2/t31-,32-,33+/m0/s1. The number of ether oxygens (including phenoxy) is 4. The SMILES string of the molecule is O=C[C@H](OCc1ccccc1)[C@@H](OCc1ccccc1)[C@H](COCc1ccccc1)OCc1ccccc1. The van der Waals surface area contributed by atoms with Crippen LogP contribution in [0.15, 0.2) is 121 Å². The summed E-state index contributed by atoms with van der Waals surface area (Å²) in [5.74, 6) is 0. The van der Waals surface area contributed by atoms with Gasteiger partial charge >= 0.3 is 0 Å². The molecule has 0 saturated heterocycles. The minimum absolute atomic E-state index is 0.236. The molecule has 4 aromatic rings. The first kappa shape index (κ1) is 27.4. The first-order chi connectivity index (χ1) is 18.8. The molecule has 196 valence electrons. The number of rotatable bonds is 16. The van der Waals surface area contributed by atoms with Gasteiger partial charge in [-0.1, -0.05) is 121 Å². The van der Waals surface area contributed by atoms with E-state index in [0.29, 0.717) is 19.8 Å². The van der Waals surface area contributed by atoms with Crippen LogP contribution >= 0.6 is 0 Å². The maximum Gasteiger partial charge on any atom is 0.151 e. The lowest BCUT2D eigenvalue weighted by Crippen LogP contribution is -2.45. The number of hydrogen-bond acceptors (Lipinski definition) is 5. The van der Waals surface area contributed by atoms with Crippen LogP contribution in [0.1, 0.15) is 22.3 Å². The molecule has 0 saturated carbocycles. The summed E-state index contributed by atoms with van der Waals surface area (Å²) in [5.41, 5.74) is 4.05. The van der Waals surface area contributed by atoms with Crippen LogP contribution in [-0.2, 0) is 50.2 Å². The van der Waals surface area contributed by atoms with E-state index in [1.165, 1.54) is 0 Å². The Morgan fingerprint density at radius 2 is 0.895 bits per heavy atom. The summed E-state index contributed by atoms with van der Waals surface area (Å²) in [6, 6.07) is 39.5. The molecule has 3 atom stereocenters. The summed E-state index contributed by atoms with van der Waals surface area (Å²) in [7, 11) is 0. The predicted octanol–water partition coefficient (Wildman–Crippen LogP) is 6.16. The molecule has 0 bridgehead atoms. The van der Waals surface area contributed by atoms with Crippen LogP contribution in [0.2, 0.25) is 0 Å². The summed E-state index contributed by atoms with van der Waals surface area (Å²) >= 11 is 0. The van der Waals surface area contributed by atoms with Gasteiger partial charge in [-0.3, -0.25) is 0 Å². The number of carbonyl (C=O) groups excluding carboxylic acids is 1. The van der Waals surface area contributed by atoms with Crippen molar-refractivity contribution < 1.29 is 23.7 Å². The minimum Gasteiger partial charge on any atom is -0.374 e. The van der Waals surface area contributed by atoms with Crippen molar-refractivity contribution in [3.05, 3.63) is 144 Å². The summed E-state index contributed by atoms with van der Waals surface area (Å²) in [6.45, 7) is 1.62. The Balaban J connectivity index is 1.52. The Hall–Kier alpha value is -3.61. The van der Waals surface area contributed by atoms with Gasteiger partial charge < -0.3 is 23.7 Å². The van der Waals surface area contributed by atoms with Crippen LogP contribution in [0.25, 0.3) is 0 Å². The maximum absolute atomic E-state index is 12.4. The van der Waals surface area contributed by atoms with Crippen molar-refractivity contribution in [2.24, 2.45) is 0 Å². The first-order valence-corrected chi connectivity index (χ1v) is 12.9. The molecule has 0 heterocycles. The quantitative estimate of drug-likeness (QED) is 0.169. The fourth-order valence-electron chi connectivity index (χ4n) is 4.04. The molecule has 0 amide bonds. The van der Waals surface area contributed by atoms with Crippen molar-refractivity contribution in [1.82, 2.24) is 0 Å². The lowest BCUT2D eigenvalue weighted by atomic mass is 10.1. The largest absolute Gasteiger partial charge is 0.374 e. The molecule has 0 radical (unpaired) electrons. The Labute approximate surface area is 225 Å². The van der Waals surface area contributed by atoms with Crippen molar-refractivity contribution in [3.63, 3.8) is 0 Å². The highest BCUT2D eigenvalue weighted by Gasteiger charge is 2.33. The van der Waals surface area contributed by atoms with Gasteiger partial charge in [0.2, 0.25) is 0 Å². The smallest absolute Gasteiger partial charge is 0.151 e. The molecule has 4 rings (SSSR count). The molecule has 0 spiro atoms. The van der Waals surface area contributed by atoms with Crippen LogP contribution in [0, 0.1) is 0 Å². The van der Waals surface area contributed by atoms with E-state index in [9.17, 15) is 4.79 Å². The van der Waals surface area contributed by atoms with Crippen molar-refractivity contribution in [2.75, 3.05) is 6.61 Å². The van der Waals surface area contributed by atoms with Gasteiger partial charge in [0, 0.05) is 0 Å². The monoisotopic (exact) mass is 510 g/mol. The van der Waals surface area contributed by atoms with Crippen molar-refractivity contribution >= 4 is 6.29 Å². The Morgan fingerprint density at radius 1 is 0.500 bits per heavy atom. The second-order valence-electron chi connectivity index (χ2n) is 8.99. The number of aldehydes is 1. The molecule has 0 aliphatic rings. The van der Waals surface area contributed by atoms with Crippen molar-refractivity contribution in [2.45, 2.75) is 44.7 Å². The maximum atomic E-state index is 12.4. The second-order valence-corrected chi connectivity index (χ2v) is 8.99. The van der Waals surface area contributed by atoms with E-state index in [1.807, 2.05) is 121 Å². The topological polar surface area (TPSA) is 54.0 Å². The normalized spacial score (nSPS) is 13.5. The van der Waals surface area contributed by atoms with Gasteiger partial charge in [-0.05, 0) is 22.3 Å². The van der Waals surface area contributed by atoms with E-state index < -0.39 is 18.3 Å². The predicted molar refractivity (Wildman–Crippen MR) is 147 cm³/mol. The van der Waals surface area contributed by atoms with E-state index in [2.05, 4.69) is 0 Å². The van der Waals surface area contributed by atoms with Gasteiger partial charge in [-0.2, -0.15) is 0 Å². The zero-order chi connectivity index (χ0) is 26.3. The summed E-state index contributed by atoms with van der Waals surface area (Å²) in [4.78, 5) is 12.4. The van der Waals surface area contributed by atoms with Crippen LogP contribution < -0.4 is 0 Å². The minimum atomic E-state index is -0.847. The first-order valence-electron chi connectivity index (χ1n) is 12.9. The van der Waals surface area contributed by atoms with Crippen LogP contribution in [0.5, 0.6) is 0 Å². The molecule has 5 heteroatoms. The third kappa shape index (κ3) is 9.05. The lowest BCUT2D eigenvalue weighted by molar-refractivity contribution is -0.169. The van der Waals surface area contributed by atoms with Crippen LogP contribution in [0.3, 0.4) is 0 Å². The molecule has 0 aromatic heterocycles. The molecular weight excluding hydrogens is 476 g/mol. The molecule has 0 fully saturated rings. The molecule has 0 aliphatic heterocycles. The molecular formula is C33H34O5. The second kappa shape index (κ2) is 15.6. The highest BCUT2D eigenvalue weighted by Crippen LogP contribution is 2.19. The van der Waals surface area contributed by atoms with Gasteiger partial charge in [-0.25, -0.2) is 0 Å². The van der Waals surface area contributed by atoms with Crippen LogP contribution in [0.4, 0.5) is 0 Å². The van der Waals surface area contributed by atoms with E-state index in [0.717, 1.165) is 28.5 Å². The third-order valence-corrected chi connectivity index (χ3v) is 6.10. The van der Waals surface area contributed by atoms with Crippen molar-refractivity contribution in [3.8, 4) is 0 Å². The number of carbonyl (C=O) groups is 1. The Morgan fingerprint density at radius 3 is 1.34 bits per heavy atom. The van der Waals surface area contributed by atoms with E-state index in [1.54, 1.807) is 0 Å². The molecule has 0 aliphatic carbocycles. The molecule has 38 heavy (non-hydrogen) atoms.